The molecule has 110 valence electrons. The van der Waals surface area contributed by atoms with Gasteiger partial charge in [0, 0.05) is 16.9 Å². The number of hydrogen-bond acceptors (Lipinski definition) is 0. The molecule has 2 heterocycles. The van der Waals surface area contributed by atoms with Gasteiger partial charge < -0.3 is 0 Å². The molecule has 1 aliphatic rings. The summed E-state index contributed by atoms with van der Waals surface area (Å²) in [4.78, 5) is 0. The number of nitrogens with zero attached hydrogens (tertiary/aromatic N) is 2. The highest BCUT2D eigenvalue weighted by Gasteiger charge is 2.23. The van der Waals surface area contributed by atoms with Crippen LogP contribution in [-0.4, -0.2) is 11.8 Å². The molecule has 21 heavy (non-hydrogen) atoms. The minimum Gasteiger partial charge on any atom is -0.280 e. The van der Waals surface area contributed by atoms with Crippen LogP contribution in [0.3, 0.4) is 0 Å². The van der Waals surface area contributed by atoms with Gasteiger partial charge in [0.15, 0.2) is 0 Å². The minimum atomic E-state index is 0.528. The number of aromatic nitrogens is 2. The fourth-order valence-electron chi connectivity index (χ4n) is 3.37. The van der Waals surface area contributed by atoms with Gasteiger partial charge in [-0.05, 0) is 11.8 Å². The maximum absolute atomic E-state index is 2.40. The molecule has 0 saturated heterocycles. The van der Waals surface area contributed by atoms with Crippen molar-refractivity contribution in [3.05, 3.63) is 41.7 Å². The van der Waals surface area contributed by atoms with E-state index in [0.717, 1.165) is 6.54 Å². The van der Waals surface area contributed by atoms with Crippen molar-refractivity contribution < 1.29 is 4.57 Å². The van der Waals surface area contributed by atoms with Gasteiger partial charge >= 0.3 is 0 Å². The lowest BCUT2D eigenvalue weighted by molar-refractivity contribution is -0.672. The van der Waals surface area contributed by atoms with Gasteiger partial charge in [-0.15, -0.1) is 0 Å². The van der Waals surface area contributed by atoms with Gasteiger partial charge in [0.25, 0.3) is 0 Å². The van der Waals surface area contributed by atoms with Crippen molar-refractivity contribution in [2.75, 3.05) is 0 Å². The molecule has 3 rings (SSSR count). The molecule has 2 radical (unpaired) electrons. The molecule has 1 atom stereocenters. The van der Waals surface area contributed by atoms with Gasteiger partial charge in [0.1, 0.15) is 18.1 Å². The van der Waals surface area contributed by atoms with Crippen molar-refractivity contribution >= 4 is 13.0 Å². The van der Waals surface area contributed by atoms with Crippen LogP contribution in [0.15, 0.2) is 30.6 Å². The first kappa shape index (κ1) is 14.4. The standard InChI is InChI=1S/C18H25BN2/c1-12(2)15-7-6-8-16(13(3)4)17(15)21-10-9-20-11-14(5)19-18(20)21/h6-10,12-14H,11H2,1-5H3/t14-/m1/s1. The quantitative estimate of drug-likeness (QED) is 0.603. The van der Waals surface area contributed by atoms with Crippen molar-refractivity contribution in [1.29, 1.82) is 0 Å². The monoisotopic (exact) mass is 280 g/mol. The first-order valence-electron chi connectivity index (χ1n) is 8.08. The van der Waals surface area contributed by atoms with Crippen molar-refractivity contribution in [2.45, 2.75) is 58.8 Å². The Morgan fingerprint density at radius 2 is 1.76 bits per heavy atom. The van der Waals surface area contributed by atoms with Gasteiger partial charge in [-0.3, -0.25) is 4.57 Å². The number of imidazole rings is 1. The third-order valence-corrected chi connectivity index (χ3v) is 4.44. The van der Waals surface area contributed by atoms with Crippen LogP contribution in [0.5, 0.6) is 0 Å². The third-order valence-electron chi connectivity index (χ3n) is 4.44. The van der Waals surface area contributed by atoms with E-state index < -0.39 is 0 Å². The summed E-state index contributed by atoms with van der Waals surface area (Å²) in [6.45, 7) is 12.5. The van der Waals surface area contributed by atoms with Gasteiger partial charge in [-0.25, -0.2) is 4.57 Å². The van der Waals surface area contributed by atoms with Crippen LogP contribution in [0.1, 0.15) is 57.6 Å². The smallest absolute Gasteiger partial charge is 0.135 e. The maximum Gasteiger partial charge on any atom is 0.135 e. The Morgan fingerprint density at radius 1 is 1.14 bits per heavy atom. The molecule has 0 spiro atoms. The van der Waals surface area contributed by atoms with E-state index in [9.17, 15) is 0 Å². The molecular formula is C18H25BN2. The van der Waals surface area contributed by atoms with E-state index in [4.69, 9.17) is 0 Å². The van der Waals surface area contributed by atoms with Gasteiger partial charge in [0.05, 0.1) is 6.54 Å². The highest BCUT2D eigenvalue weighted by Crippen LogP contribution is 2.30. The molecule has 0 N–H and O–H groups in total. The Labute approximate surface area is 129 Å². The molecule has 2 aromatic rings. The summed E-state index contributed by atoms with van der Waals surface area (Å²) in [7, 11) is 2.39. The first-order chi connectivity index (χ1) is 9.99. The fraction of sp³-hybridized carbons (Fsp3) is 0.500. The largest absolute Gasteiger partial charge is 0.280 e. The van der Waals surface area contributed by atoms with E-state index in [2.05, 4.69) is 81.6 Å². The zero-order valence-corrected chi connectivity index (χ0v) is 13.8. The van der Waals surface area contributed by atoms with Crippen LogP contribution in [0.25, 0.3) is 5.69 Å². The molecule has 0 fully saturated rings. The molecule has 1 aliphatic heterocycles. The highest BCUT2D eigenvalue weighted by molar-refractivity contribution is 6.52. The van der Waals surface area contributed by atoms with E-state index in [1.165, 1.54) is 22.5 Å². The molecule has 0 amide bonds. The summed E-state index contributed by atoms with van der Waals surface area (Å²) in [6, 6.07) is 6.76. The summed E-state index contributed by atoms with van der Waals surface area (Å²) in [6.07, 6.45) is 4.45. The molecule has 0 saturated carbocycles. The average molecular weight is 280 g/mol. The molecular weight excluding hydrogens is 255 g/mol. The number of para-hydroxylation sites is 1. The van der Waals surface area contributed by atoms with E-state index in [1.54, 1.807) is 0 Å². The molecule has 2 nitrogen and oxygen atoms in total. The van der Waals surface area contributed by atoms with Gasteiger partial charge in [-0.2, -0.15) is 13.1 Å². The number of rotatable bonds is 3. The van der Waals surface area contributed by atoms with E-state index in [-0.39, 0.29) is 0 Å². The van der Waals surface area contributed by atoms with E-state index in [1.807, 2.05) is 0 Å². The van der Waals surface area contributed by atoms with Crippen molar-refractivity contribution in [2.24, 2.45) is 0 Å². The molecule has 0 bridgehead atoms. The summed E-state index contributed by atoms with van der Waals surface area (Å²) < 4.78 is 4.76. The predicted octanol–water partition coefficient (Wildman–Crippen LogP) is 3.16. The Kier molecular flexibility index (Phi) is 3.68. The number of fused-ring (bicyclic) bond motifs is 1. The molecule has 0 aliphatic carbocycles. The second-order valence-electron chi connectivity index (χ2n) is 6.92. The third kappa shape index (κ3) is 2.43. The lowest BCUT2D eigenvalue weighted by Crippen LogP contribution is -2.45. The molecule has 3 heteroatoms. The van der Waals surface area contributed by atoms with Crippen LogP contribution in [0.4, 0.5) is 0 Å². The zero-order valence-electron chi connectivity index (χ0n) is 13.8. The van der Waals surface area contributed by atoms with Crippen LogP contribution in [0, 0.1) is 0 Å². The second kappa shape index (κ2) is 5.36. The zero-order chi connectivity index (χ0) is 15.1. The fourth-order valence-corrected chi connectivity index (χ4v) is 3.37. The summed E-state index contributed by atoms with van der Waals surface area (Å²) in [5, 5.41) is 0. The Hall–Kier alpha value is -1.51. The van der Waals surface area contributed by atoms with Crippen molar-refractivity contribution in [3.63, 3.8) is 0 Å². The molecule has 1 aromatic heterocycles. The molecule has 0 unspecified atom stereocenters. The molecule has 1 aromatic carbocycles. The van der Waals surface area contributed by atoms with Crippen molar-refractivity contribution in [1.82, 2.24) is 4.57 Å². The first-order valence-corrected chi connectivity index (χ1v) is 8.08. The Balaban J connectivity index is 2.22. The topological polar surface area (TPSA) is 8.81 Å². The number of benzene rings is 1. The second-order valence-corrected chi connectivity index (χ2v) is 6.92. The summed E-state index contributed by atoms with van der Waals surface area (Å²) in [5.41, 5.74) is 5.60. The van der Waals surface area contributed by atoms with Crippen molar-refractivity contribution in [3.8, 4) is 5.69 Å². The predicted molar refractivity (Wildman–Crippen MR) is 89.0 cm³/mol. The van der Waals surface area contributed by atoms with Crippen LogP contribution in [0.2, 0.25) is 5.82 Å². The van der Waals surface area contributed by atoms with Crippen LogP contribution in [-0.2, 0) is 6.54 Å². The highest BCUT2D eigenvalue weighted by atomic mass is 15.2. The normalized spacial score (nSPS) is 17.8. The van der Waals surface area contributed by atoms with Crippen LogP contribution >= 0.6 is 0 Å². The summed E-state index contributed by atoms with van der Waals surface area (Å²) >= 11 is 0. The lowest BCUT2D eigenvalue weighted by Gasteiger charge is -2.19. The van der Waals surface area contributed by atoms with E-state index >= 15 is 0 Å². The van der Waals surface area contributed by atoms with E-state index in [0.29, 0.717) is 17.7 Å². The van der Waals surface area contributed by atoms with Crippen LogP contribution < -0.4 is 10.3 Å². The van der Waals surface area contributed by atoms with Gasteiger partial charge in [0.2, 0.25) is 0 Å². The lowest BCUT2D eigenvalue weighted by atomic mass is 9.67. The van der Waals surface area contributed by atoms with Gasteiger partial charge in [-0.1, -0.05) is 52.8 Å². The Bertz CT molecular complexity index is 629. The average Bonchev–Trinajstić information content (AvgIpc) is 2.96. The number of hydrogen-bond donors (Lipinski definition) is 0. The minimum absolute atomic E-state index is 0.528. The SMILES string of the molecule is CC(C)c1cccc(C(C)C)c1-n1cc[n+]2c1[B-][C@H](C)C2. The maximum atomic E-state index is 2.40. The Morgan fingerprint density at radius 3 is 2.33 bits per heavy atom. The summed E-state index contributed by atoms with van der Waals surface area (Å²) in [5.74, 6) is 1.68.